The second-order valence-electron chi connectivity index (χ2n) is 0.693. The van der Waals surface area contributed by atoms with E-state index in [0.717, 1.165) is 0 Å². The molecule has 0 fully saturated rings. The Morgan fingerprint density at radius 2 is 0.438 bits per heavy atom. The van der Waals surface area contributed by atoms with Gasteiger partial charge < -0.3 is 46.6 Å². The van der Waals surface area contributed by atoms with Gasteiger partial charge in [0.25, 0.3) is 0 Å². The molecule has 72 valence electrons. The van der Waals surface area contributed by atoms with E-state index < -0.39 is 14.6 Å². The molecule has 0 aliphatic rings. The fraction of sp³-hybridized carbons (Fsp3) is 0. The number of hydrogen-bond donors (Lipinski definition) is 6. The Morgan fingerprint density at radius 3 is 0.438 bits per heavy atom. The van der Waals surface area contributed by atoms with Gasteiger partial charge >= 0.3 is 112 Å². The number of rotatable bonds is 0. The molecule has 0 unspecified atom stereocenters. The van der Waals surface area contributed by atoms with Crippen molar-refractivity contribution in [3.8, 4) is 0 Å². The molecule has 16 heteroatoms. The Hall–Kier alpha value is 2.89. The molecular formula is H8B2O9Zn5+6. The zero-order valence-corrected chi connectivity index (χ0v) is 23.5. The fourth-order valence-corrected chi connectivity index (χ4v) is 0. The van der Waals surface area contributed by atoms with Gasteiger partial charge in [-0.2, -0.15) is 0 Å². The van der Waals surface area contributed by atoms with Crippen molar-refractivity contribution in [2.45, 2.75) is 0 Å². The Bertz CT molecular complexity index is 37.4. The normalized spacial score (nSPS) is 3.38. The first-order valence-electron chi connectivity index (χ1n) is 1.55. The Morgan fingerprint density at radius 1 is 0.438 bits per heavy atom. The fourth-order valence-electron chi connectivity index (χ4n) is 0. The van der Waals surface area contributed by atoms with Crippen LogP contribution in [0, 0.1) is 0 Å². The molecule has 0 atom stereocenters. The zero-order valence-electron chi connectivity index (χ0n) is 8.69. The van der Waals surface area contributed by atoms with Gasteiger partial charge in [0.05, 0.1) is 0 Å². The van der Waals surface area contributed by atoms with Crippen LogP contribution in [0.5, 0.6) is 0 Å². The summed E-state index contributed by atoms with van der Waals surface area (Å²) in [4.78, 5) is 0. The van der Waals surface area contributed by atoms with Crippen LogP contribution in [-0.4, -0.2) is 50.3 Å². The molecule has 0 aromatic rings. The molecule has 0 amide bonds. The van der Waals surface area contributed by atoms with E-state index in [0.29, 0.717) is 0 Å². The first kappa shape index (κ1) is 76.5. The summed E-state index contributed by atoms with van der Waals surface area (Å²) in [7, 11) is -4.33. The van der Waals surface area contributed by atoms with Gasteiger partial charge in [0.15, 0.2) is 0 Å². The van der Waals surface area contributed by atoms with Gasteiger partial charge in [-0.1, -0.05) is 0 Å². The molecule has 0 heterocycles. The minimum atomic E-state index is -2.17. The zero-order chi connectivity index (χ0) is 7.15. The van der Waals surface area contributed by atoms with E-state index in [1.165, 1.54) is 0 Å². The minimum absolute atomic E-state index is 0. The summed E-state index contributed by atoms with van der Waals surface area (Å²) in [5.41, 5.74) is 0. The molecule has 0 saturated heterocycles. The van der Waals surface area contributed by atoms with Gasteiger partial charge in [0.1, 0.15) is 0 Å². The molecule has 0 aliphatic heterocycles. The van der Waals surface area contributed by atoms with Crippen molar-refractivity contribution in [1.82, 2.24) is 0 Å². The van der Waals surface area contributed by atoms with E-state index in [4.69, 9.17) is 30.1 Å². The van der Waals surface area contributed by atoms with Crippen LogP contribution in [0.15, 0.2) is 0 Å². The quantitative estimate of drug-likeness (QED) is 0.179. The van der Waals surface area contributed by atoms with Gasteiger partial charge in [-0.3, -0.25) is 0 Å². The summed E-state index contributed by atoms with van der Waals surface area (Å²) < 4.78 is 0. The minimum Gasteiger partial charge on any atom is -2.00 e. The molecule has 0 radical (unpaired) electrons. The molecule has 0 aromatic heterocycles. The summed E-state index contributed by atoms with van der Waals surface area (Å²) in [5, 5.41) is 43.0. The van der Waals surface area contributed by atoms with E-state index in [1.807, 2.05) is 0 Å². The van der Waals surface area contributed by atoms with Crippen molar-refractivity contribution in [3.05, 3.63) is 0 Å². The van der Waals surface area contributed by atoms with Crippen LogP contribution in [-0.2, 0) is 108 Å². The Labute approximate surface area is 157 Å². The van der Waals surface area contributed by atoms with Crippen LogP contribution in [0.3, 0.4) is 0 Å². The molecule has 16 heavy (non-hydrogen) atoms. The Kier molecular flexibility index (Phi) is 309. The SMILES string of the molecule is O.OB(O)O.OB(O)O.[O-2].[O-2].[Zn+2].[Zn+2].[Zn+2].[Zn+2].[Zn+2]. The predicted octanol–water partition coefficient (Wildman–Crippen LogP) is -5.18. The molecule has 0 saturated carbocycles. The third kappa shape index (κ3) is 511. The topological polar surface area (TPSA) is 210 Å². The van der Waals surface area contributed by atoms with Gasteiger partial charge in [0, 0.05) is 0 Å². The van der Waals surface area contributed by atoms with E-state index in [-0.39, 0.29) is 114 Å². The molecule has 0 spiro atoms. The summed E-state index contributed by atoms with van der Waals surface area (Å²) in [6.45, 7) is 0. The van der Waals surface area contributed by atoms with Crippen molar-refractivity contribution >= 4 is 14.6 Å². The first-order valence-corrected chi connectivity index (χ1v) is 1.55. The summed E-state index contributed by atoms with van der Waals surface area (Å²) >= 11 is 0. The largest absolute Gasteiger partial charge is 2.00 e. The van der Waals surface area contributed by atoms with Crippen molar-refractivity contribution in [1.29, 1.82) is 0 Å². The van der Waals surface area contributed by atoms with Crippen molar-refractivity contribution < 1.29 is 144 Å². The predicted molar refractivity (Wildman–Crippen MR) is 29.8 cm³/mol. The molecule has 0 rings (SSSR count). The molecule has 0 aliphatic carbocycles. The van der Waals surface area contributed by atoms with E-state index >= 15 is 0 Å². The van der Waals surface area contributed by atoms with Crippen LogP contribution in [0.1, 0.15) is 0 Å². The third-order valence-electron chi connectivity index (χ3n) is 0. The maximum absolute atomic E-state index is 7.17. The van der Waals surface area contributed by atoms with Gasteiger partial charge in [-0.25, -0.2) is 0 Å². The average molecular weight is 501 g/mol. The second kappa shape index (κ2) is 64.6. The van der Waals surface area contributed by atoms with Crippen LogP contribution in [0.4, 0.5) is 0 Å². The van der Waals surface area contributed by atoms with Gasteiger partial charge in [-0.05, 0) is 0 Å². The third-order valence-corrected chi connectivity index (χ3v) is 0. The van der Waals surface area contributed by atoms with Crippen molar-refractivity contribution in [2.24, 2.45) is 0 Å². The van der Waals surface area contributed by atoms with Crippen LogP contribution < -0.4 is 0 Å². The molecule has 0 bridgehead atoms. The number of hydrogen-bond acceptors (Lipinski definition) is 6. The van der Waals surface area contributed by atoms with Crippen LogP contribution in [0.25, 0.3) is 0 Å². The van der Waals surface area contributed by atoms with E-state index in [2.05, 4.69) is 0 Å². The maximum Gasteiger partial charge on any atom is 2.00 e. The van der Waals surface area contributed by atoms with Gasteiger partial charge in [0.2, 0.25) is 0 Å². The maximum atomic E-state index is 7.17. The van der Waals surface area contributed by atoms with E-state index in [9.17, 15) is 0 Å². The molecule has 8 N–H and O–H groups in total. The average Bonchev–Trinajstić information content (AvgIpc) is 1.25. The van der Waals surface area contributed by atoms with Crippen LogP contribution in [0.2, 0.25) is 0 Å². The van der Waals surface area contributed by atoms with Crippen molar-refractivity contribution in [3.63, 3.8) is 0 Å². The first-order chi connectivity index (χ1) is 3.46. The summed E-state index contributed by atoms with van der Waals surface area (Å²) in [6, 6.07) is 0. The standard InChI is InChI=1S/2BH3O3.H2O.2O.5Zn/c2*2-1(3)4;;;;;;;;/h2*2-4H;1H2;;;;;;;/q;;;2*-2;5*+2. The van der Waals surface area contributed by atoms with E-state index in [1.54, 1.807) is 0 Å². The second-order valence-corrected chi connectivity index (χ2v) is 0.693. The monoisotopic (exact) mass is 494 g/mol. The molecular weight excluding hydrogens is 493 g/mol. The smallest absolute Gasteiger partial charge is 2.00 e. The van der Waals surface area contributed by atoms with Crippen molar-refractivity contribution in [2.75, 3.05) is 0 Å². The molecule has 9 nitrogen and oxygen atoms in total. The van der Waals surface area contributed by atoms with Crippen LogP contribution >= 0.6 is 0 Å². The van der Waals surface area contributed by atoms with Gasteiger partial charge in [-0.15, -0.1) is 0 Å². The summed E-state index contributed by atoms with van der Waals surface area (Å²) in [5.74, 6) is 0. The Balaban J connectivity index is -0.00000000375. The summed E-state index contributed by atoms with van der Waals surface area (Å²) in [6.07, 6.45) is 0. The molecule has 0 aromatic carbocycles.